The highest BCUT2D eigenvalue weighted by molar-refractivity contribution is 5.66. The topological polar surface area (TPSA) is 99.9 Å². The molecule has 5 rings (SSSR count). The number of hydrogen-bond acceptors (Lipinski definition) is 3. The summed E-state index contributed by atoms with van der Waals surface area (Å²) in [6.07, 6.45) is 12.1. The molecule has 0 spiro atoms. The Labute approximate surface area is 218 Å². The van der Waals surface area contributed by atoms with Gasteiger partial charge in [0.05, 0.1) is 0 Å². The zero-order valence-electron chi connectivity index (χ0n) is 22.7. The highest BCUT2D eigenvalue weighted by atomic mass is 16.3. The Hall–Kier alpha value is -3.22. The van der Waals surface area contributed by atoms with Crippen LogP contribution in [0.4, 0.5) is 0 Å². The Bertz CT molecular complexity index is 1490. The molecule has 2 aliphatic rings. The van der Waals surface area contributed by atoms with Crippen LogP contribution in [0.25, 0.3) is 24.3 Å². The average molecular weight is 501 g/mol. The van der Waals surface area contributed by atoms with E-state index in [9.17, 15) is 10.2 Å². The van der Waals surface area contributed by atoms with Crippen molar-refractivity contribution in [1.29, 1.82) is 0 Å². The van der Waals surface area contributed by atoms with Gasteiger partial charge in [-0.05, 0) is 105 Å². The van der Waals surface area contributed by atoms with E-state index in [4.69, 9.17) is 0 Å². The molecule has 0 amide bonds. The summed E-state index contributed by atoms with van der Waals surface area (Å²) in [5, 5.41) is 25.2. The predicted octanol–water partition coefficient (Wildman–Crippen LogP) is 3.89. The van der Waals surface area contributed by atoms with Crippen LogP contribution in [-0.2, 0) is 6.42 Å². The van der Waals surface area contributed by atoms with Crippen molar-refractivity contribution < 1.29 is 10.2 Å². The third-order valence-electron chi connectivity index (χ3n) is 8.25. The van der Waals surface area contributed by atoms with Crippen molar-refractivity contribution in [3.05, 3.63) is 79.3 Å². The molecule has 3 aromatic heterocycles. The van der Waals surface area contributed by atoms with E-state index in [1.165, 1.54) is 33.6 Å². The summed E-state index contributed by atoms with van der Waals surface area (Å²) >= 11 is 0. The highest BCUT2D eigenvalue weighted by Crippen LogP contribution is 2.47. The summed E-state index contributed by atoms with van der Waals surface area (Å²) in [6, 6.07) is 4.38. The van der Waals surface area contributed by atoms with Gasteiger partial charge in [-0.15, -0.1) is 0 Å². The van der Waals surface area contributed by atoms with E-state index >= 15 is 0 Å². The van der Waals surface area contributed by atoms with Crippen molar-refractivity contribution in [2.24, 2.45) is 11.3 Å². The Morgan fingerprint density at radius 3 is 2.35 bits per heavy atom. The van der Waals surface area contributed by atoms with Crippen LogP contribution >= 0.6 is 0 Å². The van der Waals surface area contributed by atoms with Crippen LogP contribution < -0.4 is 16.0 Å². The molecule has 37 heavy (non-hydrogen) atoms. The second-order valence-electron chi connectivity index (χ2n) is 11.2. The van der Waals surface area contributed by atoms with Crippen molar-refractivity contribution in [2.45, 2.75) is 60.3 Å². The zero-order valence-corrected chi connectivity index (χ0v) is 22.7. The second-order valence-corrected chi connectivity index (χ2v) is 11.2. The van der Waals surface area contributed by atoms with Crippen molar-refractivity contribution in [2.75, 3.05) is 13.2 Å². The zero-order chi connectivity index (χ0) is 26.3. The third kappa shape index (κ3) is 4.76. The van der Waals surface area contributed by atoms with Gasteiger partial charge in [-0.3, -0.25) is 0 Å². The highest BCUT2D eigenvalue weighted by Gasteiger charge is 2.42. The fraction of sp³-hybridized carbons (Fsp3) is 0.419. The molecule has 8 bridgehead atoms. The van der Waals surface area contributed by atoms with E-state index in [0.29, 0.717) is 0 Å². The summed E-state index contributed by atoms with van der Waals surface area (Å²) in [7, 11) is 0. The molecule has 1 unspecified atom stereocenters. The van der Waals surface area contributed by atoms with E-state index in [2.05, 4.69) is 91.3 Å². The van der Waals surface area contributed by atoms with Crippen LogP contribution in [0, 0.1) is 32.1 Å². The van der Waals surface area contributed by atoms with Gasteiger partial charge in [-0.25, -0.2) is 0 Å². The molecule has 1 atom stereocenters. The first-order chi connectivity index (χ1) is 17.7. The normalized spacial score (nSPS) is 22.7. The van der Waals surface area contributed by atoms with E-state index in [1.54, 1.807) is 0 Å². The third-order valence-corrected chi connectivity index (χ3v) is 8.25. The van der Waals surface area contributed by atoms with Gasteiger partial charge in [-0.1, -0.05) is 13.8 Å². The van der Waals surface area contributed by atoms with Crippen molar-refractivity contribution >= 4 is 24.3 Å². The van der Waals surface area contributed by atoms with E-state index in [1.807, 2.05) is 0 Å². The van der Waals surface area contributed by atoms with E-state index in [-0.39, 0.29) is 24.5 Å². The number of aryl methyl sites for hydroxylation is 2. The number of rotatable bonds is 6. The number of nitrogens with one attached hydrogen (secondary N) is 4. The number of hydrogen-bond donors (Lipinski definition) is 6. The number of fused-ring (bicyclic) bond motifs is 8. The van der Waals surface area contributed by atoms with Crippen LogP contribution in [0.1, 0.15) is 78.1 Å². The lowest BCUT2D eigenvalue weighted by molar-refractivity contribution is 0.250. The fourth-order valence-corrected chi connectivity index (χ4v) is 5.94. The Morgan fingerprint density at radius 1 is 0.811 bits per heavy atom. The predicted molar refractivity (Wildman–Crippen MR) is 151 cm³/mol. The Balaban J connectivity index is 1.78. The van der Waals surface area contributed by atoms with Gasteiger partial charge in [0.1, 0.15) is 0 Å². The summed E-state index contributed by atoms with van der Waals surface area (Å²) in [5.41, 5.74) is 11.4. The van der Waals surface area contributed by atoms with Gasteiger partial charge in [0, 0.05) is 69.4 Å². The number of allylic oxidation sites excluding steroid dienone is 2. The fourth-order valence-electron chi connectivity index (χ4n) is 5.94. The first-order valence-corrected chi connectivity index (χ1v) is 13.4. The van der Waals surface area contributed by atoms with Crippen LogP contribution in [0.15, 0.2) is 23.5 Å². The molecule has 2 aliphatic heterocycles. The Kier molecular flexibility index (Phi) is 6.82. The van der Waals surface area contributed by atoms with Crippen LogP contribution in [0.3, 0.4) is 0 Å². The largest absolute Gasteiger partial charge is 0.396 e. The molecule has 0 aliphatic carbocycles. The lowest BCUT2D eigenvalue weighted by Crippen LogP contribution is -2.21. The molecule has 6 N–H and O–H groups in total. The molecule has 1 saturated heterocycles. The first-order valence-electron chi connectivity index (χ1n) is 13.4. The van der Waals surface area contributed by atoms with Gasteiger partial charge < -0.3 is 30.5 Å². The number of H-pyrrole nitrogens is 3. The minimum atomic E-state index is -0.122. The summed E-state index contributed by atoms with van der Waals surface area (Å²) in [5.74, 6) is 0.248. The molecular weight excluding hydrogens is 460 g/mol. The number of aliphatic hydroxyl groups is 2. The maximum atomic E-state index is 9.64. The number of aromatic nitrogens is 3. The second kappa shape index (κ2) is 9.92. The summed E-state index contributed by atoms with van der Waals surface area (Å²) in [6.45, 7) is 11.4. The summed E-state index contributed by atoms with van der Waals surface area (Å²) in [4.78, 5) is 10.9. The molecule has 6 nitrogen and oxygen atoms in total. The van der Waals surface area contributed by atoms with E-state index < -0.39 is 0 Å². The van der Waals surface area contributed by atoms with Crippen LogP contribution in [0.2, 0.25) is 0 Å². The molecule has 1 fully saturated rings. The minimum absolute atomic E-state index is 0.122. The standard InChI is InChI=1S/C31H40N4O2/c1-18-12-22-15-27-20(3)23(8-6-10-36)28(34-27)16-29-24(9-7-11-37)31(4,5)30(35-29)17-26-19(2)13-21(33-26)14-25(18)32-22/h12-17,24,32-37H,6-11H2,1-5H3/b22-15-,25-14-,29-16-,30-17-. The maximum Gasteiger partial charge on any atom is 0.0438 e. The van der Waals surface area contributed by atoms with Gasteiger partial charge in [0.25, 0.3) is 0 Å². The van der Waals surface area contributed by atoms with E-state index in [0.717, 1.165) is 59.2 Å². The van der Waals surface area contributed by atoms with Gasteiger partial charge in [-0.2, -0.15) is 0 Å². The van der Waals surface area contributed by atoms with Gasteiger partial charge in [0.15, 0.2) is 0 Å². The summed E-state index contributed by atoms with van der Waals surface area (Å²) < 4.78 is 0. The van der Waals surface area contributed by atoms with Gasteiger partial charge in [0.2, 0.25) is 0 Å². The Morgan fingerprint density at radius 2 is 1.59 bits per heavy atom. The SMILES string of the molecule is Cc1cc2[nH]c1/C=C1\N/C(=C\c3[nH]c(c(C)c3CCCO)/C=c3/cc(C)/c([nH]3)=C/2)C(CCCO)C1(C)C. The maximum absolute atomic E-state index is 9.64. The van der Waals surface area contributed by atoms with Crippen LogP contribution in [-0.4, -0.2) is 38.4 Å². The lowest BCUT2D eigenvalue weighted by atomic mass is 9.75. The first kappa shape index (κ1) is 25.4. The molecule has 0 radical (unpaired) electrons. The average Bonchev–Trinajstić information content (AvgIpc) is 3.52. The number of aliphatic hydroxyl groups excluding tert-OH is 2. The number of aromatic amines is 3. The van der Waals surface area contributed by atoms with Crippen molar-refractivity contribution in [1.82, 2.24) is 20.3 Å². The smallest absolute Gasteiger partial charge is 0.0438 e. The van der Waals surface area contributed by atoms with Gasteiger partial charge >= 0.3 is 0 Å². The van der Waals surface area contributed by atoms with Crippen molar-refractivity contribution in [3.63, 3.8) is 0 Å². The lowest BCUT2D eigenvalue weighted by Gasteiger charge is -2.27. The quantitative estimate of drug-likeness (QED) is 0.310. The monoisotopic (exact) mass is 500 g/mol. The molecule has 5 heterocycles. The molecule has 0 aromatic carbocycles. The van der Waals surface area contributed by atoms with Crippen molar-refractivity contribution in [3.8, 4) is 0 Å². The molecule has 196 valence electrons. The minimum Gasteiger partial charge on any atom is -0.396 e. The molecule has 6 heteroatoms. The van der Waals surface area contributed by atoms with Crippen LogP contribution in [0.5, 0.6) is 0 Å². The molecular formula is C31H40N4O2. The molecule has 3 aromatic rings. The molecule has 0 saturated carbocycles.